The largest absolute Gasteiger partial charge is 0.408 e. The van der Waals surface area contributed by atoms with Crippen molar-refractivity contribution in [2.45, 2.75) is 26.1 Å². The van der Waals surface area contributed by atoms with Crippen molar-refractivity contribution in [2.24, 2.45) is 0 Å². The highest BCUT2D eigenvalue weighted by atomic mass is 19.4. The number of aliphatic hydroxyl groups excluding tert-OH is 1. The summed E-state index contributed by atoms with van der Waals surface area (Å²) < 4.78 is 69.4. The molecule has 0 aliphatic carbocycles. The predicted molar refractivity (Wildman–Crippen MR) is 111 cm³/mol. The molecule has 0 aliphatic rings. The van der Waals surface area contributed by atoms with Gasteiger partial charge in [0.25, 0.3) is 5.91 Å². The molecule has 1 N–H and O–H groups in total. The van der Waals surface area contributed by atoms with Crippen LogP contribution in [0.25, 0.3) is 27.9 Å². The Bertz CT molecular complexity index is 1360. The maximum atomic E-state index is 14.1. The molecule has 4 rings (SSSR count). The number of amides is 1. The van der Waals surface area contributed by atoms with Crippen LogP contribution in [0.2, 0.25) is 0 Å². The molecule has 34 heavy (non-hydrogen) atoms. The highest BCUT2D eigenvalue weighted by Gasteiger charge is 2.31. The molecule has 4 aromatic rings. The van der Waals surface area contributed by atoms with E-state index in [-0.39, 0.29) is 46.8 Å². The van der Waals surface area contributed by atoms with E-state index in [9.17, 15) is 26.7 Å². The summed E-state index contributed by atoms with van der Waals surface area (Å²) >= 11 is 0. The normalized spacial score (nSPS) is 12.1. The van der Waals surface area contributed by atoms with E-state index in [2.05, 4.69) is 15.1 Å². The number of fused-ring (bicyclic) bond motifs is 2. The van der Waals surface area contributed by atoms with E-state index in [0.29, 0.717) is 23.7 Å². The Hall–Kier alpha value is -3.61. The van der Waals surface area contributed by atoms with Gasteiger partial charge in [-0.15, -0.1) is 0 Å². The molecule has 1 amide bonds. The van der Waals surface area contributed by atoms with Gasteiger partial charge in [0, 0.05) is 43.5 Å². The van der Waals surface area contributed by atoms with Crippen LogP contribution in [-0.4, -0.2) is 65.9 Å². The van der Waals surface area contributed by atoms with Crippen LogP contribution in [0.5, 0.6) is 0 Å². The van der Waals surface area contributed by atoms with Crippen molar-refractivity contribution in [1.29, 1.82) is 0 Å². The lowest BCUT2D eigenvalue weighted by Crippen LogP contribution is -2.32. The molecule has 0 bridgehead atoms. The van der Waals surface area contributed by atoms with Crippen molar-refractivity contribution in [2.75, 3.05) is 19.7 Å². The molecule has 8 nitrogen and oxygen atoms in total. The average molecular weight is 482 g/mol. The number of rotatable bonds is 7. The van der Waals surface area contributed by atoms with Crippen molar-refractivity contribution in [3.63, 3.8) is 0 Å². The Morgan fingerprint density at radius 2 is 1.94 bits per heavy atom. The van der Waals surface area contributed by atoms with Crippen molar-refractivity contribution in [1.82, 2.24) is 29.0 Å². The number of pyridine rings is 2. The van der Waals surface area contributed by atoms with E-state index in [1.807, 2.05) is 0 Å². The fourth-order valence-electron chi connectivity index (χ4n) is 3.68. The van der Waals surface area contributed by atoms with Gasteiger partial charge in [-0.25, -0.2) is 13.8 Å². The molecule has 0 unspecified atom stereocenters. The van der Waals surface area contributed by atoms with Crippen LogP contribution in [0, 0.1) is 11.6 Å². The summed E-state index contributed by atoms with van der Waals surface area (Å²) in [7, 11) is 0. The van der Waals surface area contributed by atoms with E-state index in [4.69, 9.17) is 5.11 Å². The third kappa shape index (κ3) is 4.42. The number of hydrogen-bond acceptors (Lipinski definition) is 5. The smallest absolute Gasteiger partial charge is 0.396 e. The SMILES string of the molecule is CCN(CCCO)C(=O)c1cc2c(cn1)c(-c1cnc3c(F)cc(F)cn13)nn2CC(F)(F)F. The summed E-state index contributed by atoms with van der Waals surface area (Å²) in [6, 6.07) is 1.84. The lowest BCUT2D eigenvalue weighted by Gasteiger charge is -2.20. The Morgan fingerprint density at radius 1 is 1.18 bits per heavy atom. The number of imidazole rings is 1. The molecule has 13 heteroatoms. The molecule has 0 aromatic carbocycles. The average Bonchev–Trinajstić information content (AvgIpc) is 3.34. The van der Waals surface area contributed by atoms with E-state index < -0.39 is 30.3 Å². The number of aromatic nitrogens is 5. The second-order valence-corrected chi connectivity index (χ2v) is 7.51. The van der Waals surface area contributed by atoms with E-state index in [0.717, 1.165) is 10.6 Å². The number of alkyl halides is 3. The number of nitrogens with zero attached hydrogens (tertiary/aromatic N) is 6. The maximum absolute atomic E-state index is 14.1. The third-order valence-corrected chi connectivity index (χ3v) is 5.21. The molecule has 0 atom stereocenters. The van der Waals surface area contributed by atoms with Crippen LogP contribution in [-0.2, 0) is 6.54 Å². The van der Waals surface area contributed by atoms with Gasteiger partial charge in [0.2, 0.25) is 0 Å². The lowest BCUT2D eigenvalue weighted by molar-refractivity contribution is -0.141. The van der Waals surface area contributed by atoms with Crippen molar-refractivity contribution in [3.05, 3.63) is 48.1 Å². The molecule has 0 radical (unpaired) electrons. The quantitative estimate of drug-likeness (QED) is 0.408. The fraction of sp³-hybridized carbons (Fsp3) is 0.333. The zero-order chi connectivity index (χ0) is 24.6. The zero-order valence-corrected chi connectivity index (χ0v) is 17.9. The van der Waals surface area contributed by atoms with Gasteiger partial charge in [-0.1, -0.05) is 0 Å². The summed E-state index contributed by atoms with van der Waals surface area (Å²) in [5, 5.41) is 13.2. The first-order chi connectivity index (χ1) is 16.1. The number of hydrogen-bond donors (Lipinski definition) is 1. The van der Waals surface area contributed by atoms with Gasteiger partial charge in [0.05, 0.1) is 17.4 Å². The number of carbonyl (C=O) groups excluding carboxylic acids is 1. The van der Waals surface area contributed by atoms with E-state index in [1.165, 1.54) is 23.4 Å². The van der Waals surface area contributed by atoms with E-state index in [1.54, 1.807) is 6.92 Å². The van der Waals surface area contributed by atoms with Gasteiger partial charge < -0.3 is 10.0 Å². The van der Waals surface area contributed by atoms with E-state index >= 15 is 0 Å². The van der Waals surface area contributed by atoms with Gasteiger partial charge >= 0.3 is 6.18 Å². The van der Waals surface area contributed by atoms with Crippen LogP contribution in [0.3, 0.4) is 0 Å². The molecule has 4 heterocycles. The number of aliphatic hydroxyl groups is 1. The minimum absolute atomic E-state index is 0.0316. The first kappa shape index (κ1) is 23.5. The van der Waals surface area contributed by atoms with Crippen molar-refractivity contribution in [3.8, 4) is 11.4 Å². The molecule has 0 saturated carbocycles. The van der Waals surface area contributed by atoms with Gasteiger partial charge in [-0.2, -0.15) is 18.3 Å². The van der Waals surface area contributed by atoms with Gasteiger partial charge in [0.15, 0.2) is 11.5 Å². The third-order valence-electron chi connectivity index (χ3n) is 5.21. The molecule has 4 aromatic heterocycles. The summed E-state index contributed by atoms with van der Waals surface area (Å²) in [5.41, 5.74) is -0.334. The number of carbonyl (C=O) groups is 1. The Kier molecular flexibility index (Phi) is 6.21. The van der Waals surface area contributed by atoms with Crippen LogP contribution in [0.15, 0.2) is 30.7 Å². The Balaban J connectivity index is 1.88. The molecular formula is C21H19F5N6O2. The summed E-state index contributed by atoms with van der Waals surface area (Å²) in [6.07, 6.45) is -0.977. The standard InChI is InChI=1S/C21H19F5N6O2/c1-2-30(4-3-5-33)20(34)15-7-16-13(8-27-15)18(29-32(16)11-21(24,25)26)17-9-28-19-14(23)6-12(22)10-31(17)19/h6-10,33H,2-5,11H2,1H3. The highest BCUT2D eigenvalue weighted by Crippen LogP contribution is 2.31. The Labute approximate surface area is 189 Å². The number of halogens is 5. The van der Waals surface area contributed by atoms with Crippen LogP contribution in [0.4, 0.5) is 22.0 Å². The second kappa shape index (κ2) is 8.97. The van der Waals surface area contributed by atoms with Gasteiger partial charge in [0.1, 0.15) is 23.7 Å². The molecule has 0 aliphatic heterocycles. The van der Waals surface area contributed by atoms with Crippen molar-refractivity contribution >= 4 is 22.5 Å². The second-order valence-electron chi connectivity index (χ2n) is 7.51. The highest BCUT2D eigenvalue weighted by molar-refractivity contribution is 5.99. The molecule has 0 spiro atoms. The Morgan fingerprint density at radius 3 is 2.62 bits per heavy atom. The lowest BCUT2D eigenvalue weighted by atomic mass is 10.2. The van der Waals surface area contributed by atoms with Crippen LogP contribution >= 0.6 is 0 Å². The van der Waals surface area contributed by atoms with Gasteiger partial charge in [-0.3, -0.25) is 18.9 Å². The summed E-state index contributed by atoms with van der Waals surface area (Å²) in [6.45, 7) is 0.700. The molecular weight excluding hydrogens is 463 g/mol. The topological polar surface area (TPSA) is 88.5 Å². The minimum Gasteiger partial charge on any atom is -0.396 e. The minimum atomic E-state index is -4.63. The van der Waals surface area contributed by atoms with Crippen LogP contribution < -0.4 is 0 Å². The summed E-state index contributed by atoms with van der Waals surface area (Å²) in [5.74, 6) is -2.37. The van der Waals surface area contributed by atoms with Gasteiger partial charge in [-0.05, 0) is 19.4 Å². The zero-order valence-electron chi connectivity index (χ0n) is 17.9. The van der Waals surface area contributed by atoms with Crippen molar-refractivity contribution < 1.29 is 31.9 Å². The maximum Gasteiger partial charge on any atom is 0.408 e. The molecule has 0 saturated heterocycles. The first-order valence-electron chi connectivity index (χ1n) is 10.3. The summed E-state index contributed by atoms with van der Waals surface area (Å²) in [4.78, 5) is 22.2. The fourth-order valence-corrected chi connectivity index (χ4v) is 3.68. The molecule has 0 fully saturated rings. The van der Waals surface area contributed by atoms with Crippen LogP contribution in [0.1, 0.15) is 23.8 Å². The first-order valence-corrected chi connectivity index (χ1v) is 10.3. The molecule has 180 valence electrons. The predicted octanol–water partition coefficient (Wildman–Crippen LogP) is 3.43. The monoisotopic (exact) mass is 482 g/mol.